The highest BCUT2D eigenvalue weighted by molar-refractivity contribution is 9.09. The average Bonchev–Trinajstić information content (AvgIpc) is 2.12. The summed E-state index contributed by atoms with van der Waals surface area (Å²) >= 11 is 3.58. The zero-order valence-electron chi connectivity index (χ0n) is 7.32. The van der Waals surface area contributed by atoms with Crippen molar-refractivity contribution in [1.29, 1.82) is 0 Å². The molecule has 0 aliphatic heterocycles. The molecule has 4 aliphatic rings. The van der Waals surface area contributed by atoms with Gasteiger partial charge < -0.3 is 5.11 Å². The van der Waals surface area contributed by atoms with Crippen LogP contribution in [0.1, 0.15) is 19.3 Å². The topological polar surface area (TPSA) is 37.3 Å². The SMILES string of the molecule is O=C1C2CC3CC(C2)[C@@H](Br)C1[C@H]3O. The Kier molecular flexibility index (Phi) is 1.67. The summed E-state index contributed by atoms with van der Waals surface area (Å²) in [6.07, 6.45) is 2.78. The summed E-state index contributed by atoms with van der Waals surface area (Å²) in [5.74, 6) is 1.58. The molecule has 3 heteroatoms. The third-order valence-corrected chi connectivity index (χ3v) is 5.47. The lowest BCUT2D eigenvalue weighted by atomic mass is 9.54. The van der Waals surface area contributed by atoms with Crippen molar-refractivity contribution in [1.82, 2.24) is 0 Å². The van der Waals surface area contributed by atoms with Crippen molar-refractivity contribution in [2.24, 2.45) is 23.7 Å². The predicted octanol–water partition coefficient (Wildman–Crippen LogP) is 1.36. The zero-order valence-corrected chi connectivity index (χ0v) is 8.90. The highest BCUT2D eigenvalue weighted by atomic mass is 79.9. The highest BCUT2D eigenvalue weighted by Gasteiger charge is 2.56. The van der Waals surface area contributed by atoms with Gasteiger partial charge in [0.25, 0.3) is 0 Å². The molecule has 13 heavy (non-hydrogen) atoms. The Morgan fingerprint density at radius 3 is 2.69 bits per heavy atom. The molecule has 2 nitrogen and oxygen atoms in total. The Balaban J connectivity index is 2.01. The van der Waals surface area contributed by atoms with Crippen molar-refractivity contribution in [3.8, 4) is 0 Å². The van der Waals surface area contributed by atoms with E-state index in [1.165, 1.54) is 0 Å². The van der Waals surface area contributed by atoms with Crippen molar-refractivity contribution in [2.75, 3.05) is 0 Å². The molecule has 0 heterocycles. The van der Waals surface area contributed by atoms with Crippen LogP contribution in [0.25, 0.3) is 0 Å². The standard InChI is InChI=1S/C10H13BrO2/c11-8-4-1-5-3-6(2-4)10(13)7(8)9(5)12/h4-9,12H,1-3H2/t4?,5?,6?,7?,8-,9+/m1/s1. The monoisotopic (exact) mass is 244 g/mol. The van der Waals surface area contributed by atoms with Crippen molar-refractivity contribution < 1.29 is 9.90 Å². The first kappa shape index (κ1) is 8.42. The summed E-state index contributed by atoms with van der Waals surface area (Å²) in [5.41, 5.74) is 0. The van der Waals surface area contributed by atoms with Gasteiger partial charge in [-0.25, -0.2) is 0 Å². The van der Waals surface area contributed by atoms with E-state index in [0.29, 0.717) is 17.6 Å². The molecular formula is C10H13BrO2. The van der Waals surface area contributed by atoms with E-state index in [1.807, 2.05) is 0 Å². The van der Waals surface area contributed by atoms with Crippen LogP contribution in [-0.2, 0) is 4.79 Å². The minimum absolute atomic E-state index is 0.0868. The minimum Gasteiger partial charge on any atom is -0.392 e. The molecule has 1 N–H and O–H groups in total. The fraction of sp³-hybridized carbons (Fsp3) is 0.900. The van der Waals surface area contributed by atoms with Crippen LogP contribution in [-0.4, -0.2) is 21.8 Å². The van der Waals surface area contributed by atoms with Crippen molar-refractivity contribution >= 4 is 21.7 Å². The number of carbonyl (C=O) groups excluding carboxylic acids is 1. The molecule has 4 bridgehead atoms. The molecule has 6 atom stereocenters. The Bertz CT molecular complexity index is 248. The number of aliphatic hydroxyl groups excluding tert-OH is 1. The number of ketones is 1. The number of hydrogen-bond donors (Lipinski definition) is 1. The number of aliphatic hydroxyl groups is 1. The van der Waals surface area contributed by atoms with E-state index in [2.05, 4.69) is 15.9 Å². The number of hydrogen-bond acceptors (Lipinski definition) is 2. The molecule has 4 fully saturated rings. The van der Waals surface area contributed by atoms with Gasteiger partial charge in [0.1, 0.15) is 5.78 Å². The first-order valence-corrected chi connectivity index (χ1v) is 5.96. The van der Waals surface area contributed by atoms with Crippen LogP contribution in [0.2, 0.25) is 0 Å². The molecule has 0 spiro atoms. The van der Waals surface area contributed by atoms with Crippen LogP contribution in [0.3, 0.4) is 0 Å². The van der Waals surface area contributed by atoms with Crippen LogP contribution in [0, 0.1) is 23.7 Å². The lowest BCUT2D eigenvalue weighted by molar-refractivity contribution is -0.152. The molecule has 0 aromatic rings. The molecule has 4 saturated carbocycles. The van der Waals surface area contributed by atoms with Gasteiger partial charge in [0, 0.05) is 10.7 Å². The van der Waals surface area contributed by atoms with E-state index >= 15 is 0 Å². The van der Waals surface area contributed by atoms with Crippen LogP contribution < -0.4 is 0 Å². The van der Waals surface area contributed by atoms with Gasteiger partial charge in [-0.05, 0) is 31.1 Å². The number of halogens is 1. The van der Waals surface area contributed by atoms with Gasteiger partial charge in [-0.3, -0.25) is 4.79 Å². The Morgan fingerprint density at radius 2 is 1.92 bits per heavy atom. The van der Waals surface area contributed by atoms with Gasteiger partial charge in [-0.1, -0.05) is 15.9 Å². The fourth-order valence-electron chi connectivity index (χ4n) is 3.55. The van der Waals surface area contributed by atoms with E-state index in [0.717, 1.165) is 19.3 Å². The first-order chi connectivity index (χ1) is 6.18. The third kappa shape index (κ3) is 0.949. The average molecular weight is 245 g/mol. The quantitative estimate of drug-likeness (QED) is 0.654. The van der Waals surface area contributed by atoms with Crippen molar-refractivity contribution in [3.05, 3.63) is 0 Å². The lowest BCUT2D eigenvalue weighted by Crippen LogP contribution is -2.59. The van der Waals surface area contributed by atoms with Gasteiger partial charge in [-0.2, -0.15) is 0 Å². The second kappa shape index (κ2) is 2.57. The van der Waals surface area contributed by atoms with Gasteiger partial charge in [-0.15, -0.1) is 0 Å². The molecule has 4 rings (SSSR count). The number of rotatable bonds is 0. The zero-order chi connectivity index (χ0) is 9.16. The molecule has 0 aromatic heterocycles. The third-order valence-electron chi connectivity index (χ3n) is 4.16. The van der Waals surface area contributed by atoms with Crippen molar-refractivity contribution in [3.63, 3.8) is 0 Å². The van der Waals surface area contributed by atoms with Crippen LogP contribution in [0.5, 0.6) is 0 Å². The maximum absolute atomic E-state index is 11.8. The maximum Gasteiger partial charge on any atom is 0.142 e. The molecule has 4 unspecified atom stereocenters. The van der Waals surface area contributed by atoms with Gasteiger partial charge >= 0.3 is 0 Å². The first-order valence-electron chi connectivity index (χ1n) is 5.04. The molecule has 4 aliphatic carbocycles. The second-order valence-electron chi connectivity index (χ2n) is 4.79. The van der Waals surface area contributed by atoms with Crippen LogP contribution in [0.4, 0.5) is 0 Å². The molecule has 0 radical (unpaired) electrons. The molecular weight excluding hydrogens is 232 g/mol. The van der Waals surface area contributed by atoms with Gasteiger partial charge in [0.05, 0.1) is 12.0 Å². The van der Waals surface area contributed by atoms with E-state index < -0.39 is 0 Å². The fourth-order valence-corrected chi connectivity index (χ4v) is 4.56. The number of alkyl halides is 1. The summed E-state index contributed by atoms with van der Waals surface area (Å²) in [7, 11) is 0. The van der Waals surface area contributed by atoms with E-state index in [-0.39, 0.29) is 22.8 Å². The van der Waals surface area contributed by atoms with E-state index in [1.54, 1.807) is 0 Å². The highest BCUT2D eigenvalue weighted by Crippen LogP contribution is 2.54. The molecule has 0 amide bonds. The largest absolute Gasteiger partial charge is 0.392 e. The van der Waals surface area contributed by atoms with Gasteiger partial charge in [0.15, 0.2) is 0 Å². The summed E-state index contributed by atoms with van der Waals surface area (Å²) in [5, 5.41) is 9.92. The van der Waals surface area contributed by atoms with Crippen LogP contribution in [0.15, 0.2) is 0 Å². The Hall–Kier alpha value is 0.110. The summed E-state index contributed by atoms with van der Waals surface area (Å²) < 4.78 is 0. The Labute approximate surface area is 85.8 Å². The van der Waals surface area contributed by atoms with Crippen molar-refractivity contribution in [2.45, 2.75) is 30.2 Å². The normalized spacial score (nSPS) is 58.8. The predicted molar refractivity (Wildman–Crippen MR) is 51.5 cm³/mol. The minimum atomic E-state index is -0.357. The van der Waals surface area contributed by atoms with E-state index in [9.17, 15) is 9.90 Å². The number of carbonyl (C=O) groups is 1. The molecule has 72 valence electrons. The van der Waals surface area contributed by atoms with E-state index in [4.69, 9.17) is 0 Å². The van der Waals surface area contributed by atoms with Crippen LogP contribution >= 0.6 is 15.9 Å². The maximum atomic E-state index is 11.8. The summed E-state index contributed by atoms with van der Waals surface area (Å²) in [4.78, 5) is 12.1. The summed E-state index contributed by atoms with van der Waals surface area (Å²) in [6.45, 7) is 0. The smallest absolute Gasteiger partial charge is 0.142 e. The van der Waals surface area contributed by atoms with Gasteiger partial charge in [0.2, 0.25) is 0 Å². The lowest BCUT2D eigenvalue weighted by Gasteiger charge is -2.53. The number of Topliss-reactive ketones (excluding diaryl/α,β-unsaturated/α-hetero) is 1. The molecule has 0 saturated heterocycles. The second-order valence-corrected chi connectivity index (χ2v) is 5.84. The summed E-state index contributed by atoms with van der Waals surface area (Å²) in [6, 6.07) is 0. The Morgan fingerprint density at radius 1 is 1.23 bits per heavy atom. The molecule has 0 aromatic carbocycles.